The zero-order chi connectivity index (χ0) is 15.0. The molecule has 0 spiro atoms. The highest BCUT2D eigenvalue weighted by Gasteiger charge is 2.45. The van der Waals surface area contributed by atoms with Gasteiger partial charge in [-0.2, -0.15) is 26.3 Å². The van der Waals surface area contributed by atoms with Crippen LogP contribution in [0.1, 0.15) is 16.7 Å². The second-order valence-electron chi connectivity index (χ2n) is 3.37. The summed E-state index contributed by atoms with van der Waals surface area (Å²) in [6.07, 6.45) is -10.4. The van der Waals surface area contributed by atoms with Crippen LogP contribution >= 0.6 is 11.6 Å². The highest BCUT2D eigenvalue weighted by atomic mass is 35.5. The van der Waals surface area contributed by atoms with Gasteiger partial charge >= 0.3 is 12.4 Å². The van der Waals surface area contributed by atoms with Crippen molar-refractivity contribution >= 4 is 17.3 Å². The molecular formula is C9H4ClF6NO2. The topological polar surface area (TPSA) is 43.1 Å². The molecule has 0 radical (unpaired) electrons. The second kappa shape index (κ2) is 4.87. The van der Waals surface area contributed by atoms with E-state index in [0.29, 0.717) is 0 Å². The SMILES string of the molecule is O=[N+]([O-])c1ccc(C(F)(F)F)c(CCl)c1C(F)(F)F. The Hall–Kier alpha value is -1.51. The Morgan fingerprint density at radius 2 is 1.63 bits per heavy atom. The number of hydrogen-bond donors (Lipinski definition) is 0. The molecule has 106 valence electrons. The molecule has 0 N–H and O–H groups in total. The predicted molar refractivity (Wildman–Crippen MR) is 52.7 cm³/mol. The van der Waals surface area contributed by atoms with Gasteiger partial charge in [0.25, 0.3) is 5.69 Å². The molecule has 1 aromatic rings. The summed E-state index contributed by atoms with van der Waals surface area (Å²) < 4.78 is 75.7. The number of nitrogens with zero attached hydrogens (tertiary/aromatic N) is 1. The molecule has 0 aliphatic carbocycles. The number of nitro groups is 1. The van der Waals surface area contributed by atoms with E-state index in [0.717, 1.165) is 0 Å². The van der Waals surface area contributed by atoms with Crippen LogP contribution in [0.3, 0.4) is 0 Å². The van der Waals surface area contributed by atoms with E-state index in [9.17, 15) is 36.5 Å². The maximum atomic E-state index is 12.7. The van der Waals surface area contributed by atoms with Gasteiger partial charge in [0, 0.05) is 11.9 Å². The van der Waals surface area contributed by atoms with Crippen LogP contribution in [0.4, 0.5) is 32.0 Å². The van der Waals surface area contributed by atoms with E-state index in [4.69, 9.17) is 11.6 Å². The smallest absolute Gasteiger partial charge is 0.258 e. The molecule has 0 saturated heterocycles. The summed E-state index contributed by atoms with van der Waals surface area (Å²) in [5.41, 5.74) is -6.42. The zero-order valence-electron chi connectivity index (χ0n) is 8.77. The maximum Gasteiger partial charge on any atom is 0.423 e. The second-order valence-corrected chi connectivity index (χ2v) is 3.64. The number of hydrogen-bond acceptors (Lipinski definition) is 2. The number of rotatable bonds is 2. The average molecular weight is 308 g/mol. The van der Waals surface area contributed by atoms with Crippen molar-refractivity contribution in [2.45, 2.75) is 18.2 Å². The molecule has 0 bridgehead atoms. The normalized spacial score (nSPS) is 12.6. The van der Waals surface area contributed by atoms with Crippen molar-refractivity contribution in [1.29, 1.82) is 0 Å². The van der Waals surface area contributed by atoms with Crippen molar-refractivity contribution < 1.29 is 31.3 Å². The molecule has 0 aromatic heterocycles. The Bertz CT molecular complexity index is 511. The van der Waals surface area contributed by atoms with E-state index >= 15 is 0 Å². The summed E-state index contributed by atoms with van der Waals surface area (Å²) in [6.45, 7) is 0. The van der Waals surface area contributed by atoms with E-state index in [1.165, 1.54) is 0 Å². The van der Waals surface area contributed by atoms with Gasteiger partial charge in [0.1, 0.15) is 5.56 Å². The molecular weight excluding hydrogens is 304 g/mol. The average Bonchev–Trinajstić information content (AvgIpc) is 2.24. The molecule has 0 fully saturated rings. The van der Waals surface area contributed by atoms with Gasteiger partial charge in [-0.25, -0.2) is 0 Å². The molecule has 0 aliphatic heterocycles. The summed E-state index contributed by atoms with van der Waals surface area (Å²) >= 11 is 5.10. The Labute approximate surface area is 106 Å². The molecule has 0 atom stereocenters. The van der Waals surface area contributed by atoms with Crippen LogP contribution in [0.2, 0.25) is 0 Å². The lowest BCUT2D eigenvalue weighted by atomic mass is 9.99. The van der Waals surface area contributed by atoms with Gasteiger partial charge in [0.05, 0.1) is 10.5 Å². The van der Waals surface area contributed by atoms with Gasteiger partial charge in [0.2, 0.25) is 0 Å². The monoisotopic (exact) mass is 307 g/mol. The number of alkyl halides is 7. The summed E-state index contributed by atoms with van der Waals surface area (Å²) in [6, 6.07) is 0.382. The molecule has 0 amide bonds. The van der Waals surface area contributed by atoms with E-state index < -0.39 is 45.5 Å². The minimum atomic E-state index is -5.31. The van der Waals surface area contributed by atoms with Crippen LogP contribution in [0.15, 0.2) is 12.1 Å². The van der Waals surface area contributed by atoms with E-state index in [2.05, 4.69) is 0 Å². The predicted octanol–water partition coefficient (Wildman–Crippen LogP) is 4.37. The van der Waals surface area contributed by atoms with Gasteiger partial charge in [-0.05, 0) is 11.6 Å². The summed E-state index contributed by atoms with van der Waals surface area (Å²) in [4.78, 5) is 9.08. The lowest BCUT2D eigenvalue weighted by molar-refractivity contribution is -0.388. The molecule has 0 aliphatic rings. The molecule has 0 unspecified atom stereocenters. The molecule has 10 heteroatoms. The van der Waals surface area contributed by atoms with Gasteiger partial charge < -0.3 is 0 Å². The molecule has 19 heavy (non-hydrogen) atoms. The minimum absolute atomic E-state index is 0.168. The fourth-order valence-electron chi connectivity index (χ4n) is 1.51. The van der Waals surface area contributed by atoms with E-state index in [-0.39, 0.29) is 12.1 Å². The highest BCUT2D eigenvalue weighted by Crippen LogP contribution is 2.44. The van der Waals surface area contributed by atoms with Crippen LogP contribution in [0.25, 0.3) is 0 Å². The van der Waals surface area contributed by atoms with Crippen molar-refractivity contribution in [3.8, 4) is 0 Å². The summed E-state index contributed by atoms with van der Waals surface area (Å²) in [5, 5.41) is 10.5. The Morgan fingerprint density at radius 1 is 1.11 bits per heavy atom. The summed E-state index contributed by atoms with van der Waals surface area (Å²) in [5.74, 6) is -1.15. The third kappa shape index (κ3) is 3.09. The van der Waals surface area contributed by atoms with Crippen molar-refractivity contribution in [2.24, 2.45) is 0 Å². The van der Waals surface area contributed by atoms with Crippen LogP contribution in [0, 0.1) is 10.1 Å². The van der Waals surface area contributed by atoms with Crippen molar-refractivity contribution in [1.82, 2.24) is 0 Å². The van der Waals surface area contributed by atoms with E-state index in [1.54, 1.807) is 0 Å². The largest absolute Gasteiger partial charge is 0.423 e. The Kier molecular flexibility index (Phi) is 3.99. The maximum absolute atomic E-state index is 12.7. The highest BCUT2D eigenvalue weighted by molar-refractivity contribution is 6.17. The van der Waals surface area contributed by atoms with Crippen molar-refractivity contribution in [3.63, 3.8) is 0 Å². The zero-order valence-corrected chi connectivity index (χ0v) is 9.53. The molecule has 3 nitrogen and oxygen atoms in total. The lowest BCUT2D eigenvalue weighted by Crippen LogP contribution is -2.17. The van der Waals surface area contributed by atoms with Crippen molar-refractivity contribution in [2.75, 3.05) is 0 Å². The molecule has 0 saturated carbocycles. The first-order chi connectivity index (χ1) is 8.50. The minimum Gasteiger partial charge on any atom is -0.258 e. The number of nitro benzene ring substituents is 1. The van der Waals surface area contributed by atoms with Gasteiger partial charge in [0.15, 0.2) is 0 Å². The fraction of sp³-hybridized carbons (Fsp3) is 0.333. The third-order valence-electron chi connectivity index (χ3n) is 2.21. The van der Waals surface area contributed by atoms with E-state index in [1.807, 2.05) is 0 Å². The van der Waals surface area contributed by atoms with Gasteiger partial charge in [-0.3, -0.25) is 10.1 Å². The summed E-state index contributed by atoms with van der Waals surface area (Å²) in [7, 11) is 0. The third-order valence-corrected chi connectivity index (χ3v) is 2.48. The van der Waals surface area contributed by atoms with Gasteiger partial charge in [-0.15, -0.1) is 11.6 Å². The first-order valence-electron chi connectivity index (χ1n) is 4.50. The first kappa shape index (κ1) is 15.5. The lowest BCUT2D eigenvalue weighted by Gasteiger charge is -2.17. The quantitative estimate of drug-likeness (QED) is 0.352. The van der Waals surface area contributed by atoms with Crippen molar-refractivity contribution in [3.05, 3.63) is 38.9 Å². The molecule has 1 aromatic carbocycles. The number of halogens is 7. The molecule has 0 heterocycles. The number of benzene rings is 1. The van der Waals surface area contributed by atoms with Crippen LogP contribution in [-0.2, 0) is 18.2 Å². The fourth-order valence-corrected chi connectivity index (χ4v) is 1.79. The van der Waals surface area contributed by atoms with Crippen LogP contribution in [-0.4, -0.2) is 4.92 Å². The Morgan fingerprint density at radius 3 is 1.95 bits per heavy atom. The van der Waals surface area contributed by atoms with Gasteiger partial charge in [-0.1, -0.05) is 0 Å². The first-order valence-corrected chi connectivity index (χ1v) is 5.04. The Balaban J connectivity index is 3.75. The molecule has 1 rings (SSSR count). The standard InChI is InChI=1S/C9H4ClF6NO2/c10-3-4-5(8(11,12)13)1-2-6(17(18)19)7(4)9(14,15)16/h1-2H,3H2. The van der Waals surface area contributed by atoms with Crippen LogP contribution in [0.5, 0.6) is 0 Å². The van der Waals surface area contributed by atoms with Crippen LogP contribution < -0.4 is 0 Å².